The summed E-state index contributed by atoms with van der Waals surface area (Å²) in [6.45, 7) is 2.27. The molecule has 3 fully saturated rings. The van der Waals surface area contributed by atoms with Gasteiger partial charge in [-0.1, -0.05) is 18.0 Å². The summed E-state index contributed by atoms with van der Waals surface area (Å²) in [5.41, 5.74) is 2.52. The van der Waals surface area contributed by atoms with E-state index in [4.69, 9.17) is 16.3 Å². The third-order valence-corrected chi connectivity index (χ3v) is 8.23. The van der Waals surface area contributed by atoms with Crippen LogP contribution < -0.4 is 10.1 Å². The average molecular weight is 509 g/mol. The summed E-state index contributed by atoms with van der Waals surface area (Å²) in [7, 11) is 0. The smallest absolute Gasteiger partial charge is 0.255 e. The maximum atomic E-state index is 13.0. The third-order valence-electron chi connectivity index (χ3n) is 7.99. The monoisotopic (exact) mass is 508 g/mol. The number of carbonyl (C=O) groups excluding carboxylic acids is 3. The minimum atomic E-state index is -0.608. The second-order valence-corrected chi connectivity index (χ2v) is 10.7. The summed E-state index contributed by atoms with van der Waals surface area (Å²) in [5.74, 6) is 0.320. The number of likely N-dealkylation sites (tertiary alicyclic amines) is 1. The first kappa shape index (κ1) is 23.4. The van der Waals surface area contributed by atoms with E-state index in [1.165, 1.54) is 6.42 Å². The fraction of sp³-hybridized carbons (Fsp3) is 0.481. The first-order valence-corrected chi connectivity index (χ1v) is 13.1. The van der Waals surface area contributed by atoms with E-state index in [2.05, 4.69) is 15.2 Å². The van der Waals surface area contributed by atoms with Crippen LogP contribution in [0.3, 0.4) is 0 Å². The molecule has 3 aliphatic heterocycles. The number of piperidine rings is 1. The molecule has 188 valence electrons. The summed E-state index contributed by atoms with van der Waals surface area (Å²) in [5, 5.41) is 3.08. The van der Waals surface area contributed by atoms with Gasteiger partial charge >= 0.3 is 0 Å². The van der Waals surface area contributed by atoms with Gasteiger partial charge in [-0.3, -0.25) is 29.6 Å². The molecule has 1 aliphatic carbocycles. The van der Waals surface area contributed by atoms with Gasteiger partial charge in [0.25, 0.3) is 5.91 Å². The van der Waals surface area contributed by atoms with Gasteiger partial charge in [-0.2, -0.15) is 0 Å². The molecule has 3 atom stereocenters. The van der Waals surface area contributed by atoms with Crippen molar-refractivity contribution in [3.05, 3.63) is 58.4 Å². The van der Waals surface area contributed by atoms with Crippen LogP contribution in [-0.4, -0.2) is 63.8 Å². The van der Waals surface area contributed by atoms with E-state index >= 15 is 0 Å². The van der Waals surface area contributed by atoms with Crippen LogP contribution >= 0.6 is 11.6 Å². The molecular weight excluding hydrogens is 480 g/mol. The zero-order valence-corrected chi connectivity index (χ0v) is 20.7. The Labute approximate surface area is 214 Å². The van der Waals surface area contributed by atoms with Gasteiger partial charge < -0.3 is 9.64 Å². The number of hydrogen-bond donors (Lipinski definition) is 1. The second kappa shape index (κ2) is 9.48. The Morgan fingerprint density at radius 1 is 1.03 bits per heavy atom. The molecule has 0 bridgehead atoms. The minimum absolute atomic E-state index is 0.0911. The number of pyridine rings is 1. The maximum Gasteiger partial charge on any atom is 0.255 e. The Bertz CT molecular complexity index is 1210. The summed E-state index contributed by atoms with van der Waals surface area (Å²) in [6, 6.07) is 9.13. The molecule has 4 aliphatic rings. The molecule has 8 nitrogen and oxygen atoms in total. The molecule has 6 rings (SSSR count). The Morgan fingerprint density at radius 3 is 2.67 bits per heavy atom. The van der Waals surface area contributed by atoms with Crippen molar-refractivity contribution in [2.24, 2.45) is 0 Å². The number of ether oxygens (including phenoxy) is 1. The first-order chi connectivity index (χ1) is 17.5. The fourth-order valence-electron chi connectivity index (χ4n) is 6.05. The number of benzene rings is 1. The molecule has 9 heteroatoms. The van der Waals surface area contributed by atoms with Crippen LogP contribution in [0.2, 0.25) is 5.02 Å². The molecule has 3 amide bonds. The second-order valence-electron chi connectivity index (χ2n) is 10.3. The fourth-order valence-corrected chi connectivity index (χ4v) is 6.21. The van der Waals surface area contributed by atoms with E-state index in [0.29, 0.717) is 30.5 Å². The van der Waals surface area contributed by atoms with Crippen LogP contribution in [0.1, 0.15) is 66.1 Å². The summed E-state index contributed by atoms with van der Waals surface area (Å²) in [6.07, 6.45) is 6.91. The Hall–Kier alpha value is -2.97. The lowest BCUT2D eigenvalue weighted by Gasteiger charge is -2.48. The van der Waals surface area contributed by atoms with E-state index in [-0.39, 0.29) is 24.3 Å². The van der Waals surface area contributed by atoms with E-state index in [1.807, 2.05) is 18.2 Å². The SMILES string of the molecule is O=C1CCC(N2Cc3cc(O[C@H]4CCCC[C@H]4N4CC(c5cc(Cl)ccn5)C4)ccc3C2=O)C(=O)N1. The highest BCUT2D eigenvalue weighted by atomic mass is 35.5. The Morgan fingerprint density at radius 2 is 1.86 bits per heavy atom. The van der Waals surface area contributed by atoms with Crippen molar-refractivity contribution in [2.75, 3.05) is 13.1 Å². The molecule has 0 spiro atoms. The zero-order chi connectivity index (χ0) is 24.8. The number of amides is 3. The number of imide groups is 1. The zero-order valence-electron chi connectivity index (χ0n) is 20.0. The normalized spacial score (nSPS) is 27.0. The van der Waals surface area contributed by atoms with Crippen LogP contribution in [0, 0.1) is 0 Å². The standard InChI is InChI=1S/C27H29ClN4O4/c28-18-9-10-29-21(12-18)17-13-31(14-17)22-3-1-2-4-24(22)36-19-5-6-20-16(11-19)15-32(27(20)35)23-7-8-25(33)30-26(23)34/h5-6,9-12,17,22-24H,1-4,7-8,13-15H2,(H,30,33,34)/t22-,23?,24+/m1/s1. The van der Waals surface area contributed by atoms with Crippen LogP contribution in [0.15, 0.2) is 36.5 Å². The molecular formula is C27H29ClN4O4. The predicted molar refractivity (Wildman–Crippen MR) is 133 cm³/mol. The highest BCUT2D eigenvalue weighted by molar-refractivity contribution is 6.30. The molecule has 2 aromatic rings. The van der Waals surface area contributed by atoms with E-state index in [1.54, 1.807) is 23.2 Å². The van der Waals surface area contributed by atoms with Crippen LogP contribution in [0.5, 0.6) is 5.75 Å². The highest BCUT2D eigenvalue weighted by Crippen LogP contribution is 2.36. The van der Waals surface area contributed by atoms with Crippen molar-refractivity contribution in [1.82, 2.24) is 20.1 Å². The molecule has 1 saturated carbocycles. The lowest BCUT2D eigenvalue weighted by molar-refractivity contribution is -0.136. The quantitative estimate of drug-likeness (QED) is 0.623. The first-order valence-electron chi connectivity index (χ1n) is 12.8. The van der Waals surface area contributed by atoms with Gasteiger partial charge in [0.15, 0.2) is 0 Å². The number of nitrogens with one attached hydrogen (secondary N) is 1. The molecule has 0 radical (unpaired) electrons. The summed E-state index contributed by atoms with van der Waals surface area (Å²) in [4.78, 5) is 45.4. The number of halogens is 1. The van der Waals surface area contributed by atoms with Crippen LogP contribution in [0.25, 0.3) is 0 Å². The summed E-state index contributed by atoms with van der Waals surface area (Å²) >= 11 is 6.15. The lowest BCUT2D eigenvalue weighted by atomic mass is 9.85. The van der Waals surface area contributed by atoms with E-state index in [9.17, 15) is 14.4 Å². The van der Waals surface area contributed by atoms with Gasteiger partial charge in [-0.05, 0) is 61.6 Å². The van der Waals surface area contributed by atoms with Crippen molar-refractivity contribution in [1.29, 1.82) is 0 Å². The van der Waals surface area contributed by atoms with Gasteiger partial charge in [0.2, 0.25) is 11.8 Å². The maximum absolute atomic E-state index is 13.0. The molecule has 36 heavy (non-hydrogen) atoms. The number of aromatic nitrogens is 1. The minimum Gasteiger partial charge on any atom is -0.489 e. The van der Waals surface area contributed by atoms with Crippen molar-refractivity contribution < 1.29 is 19.1 Å². The van der Waals surface area contributed by atoms with Crippen molar-refractivity contribution >= 4 is 29.3 Å². The number of hydrogen-bond acceptors (Lipinski definition) is 6. The summed E-state index contributed by atoms with van der Waals surface area (Å²) < 4.78 is 6.53. The molecule has 1 unspecified atom stereocenters. The van der Waals surface area contributed by atoms with Crippen molar-refractivity contribution in [3.63, 3.8) is 0 Å². The number of nitrogens with zero attached hydrogens (tertiary/aromatic N) is 3. The molecule has 1 aromatic heterocycles. The molecule has 1 N–H and O–H groups in total. The highest BCUT2D eigenvalue weighted by Gasteiger charge is 2.41. The Kier molecular flexibility index (Phi) is 6.17. The van der Waals surface area contributed by atoms with Gasteiger partial charge in [0.05, 0.1) is 0 Å². The van der Waals surface area contributed by atoms with Gasteiger partial charge in [0.1, 0.15) is 17.9 Å². The van der Waals surface area contributed by atoms with Crippen LogP contribution in [0.4, 0.5) is 0 Å². The number of rotatable bonds is 5. The third kappa shape index (κ3) is 4.37. The van der Waals surface area contributed by atoms with Crippen molar-refractivity contribution in [2.45, 2.75) is 69.2 Å². The van der Waals surface area contributed by atoms with Crippen LogP contribution in [-0.2, 0) is 16.1 Å². The predicted octanol–water partition coefficient (Wildman–Crippen LogP) is 3.29. The molecule has 2 saturated heterocycles. The molecule has 1 aromatic carbocycles. The van der Waals surface area contributed by atoms with Crippen molar-refractivity contribution in [3.8, 4) is 5.75 Å². The number of carbonyl (C=O) groups is 3. The lowest BCUT2D eigenvalue weighted by Crippen LogP contribution is -2.57. The Balaban J connectivity index is 1.12. The van der Waals surface area contributed by atoms with Gasteiger partial charge in [0, 0.05) is 60.5 Å². The number of fused-ring (bicyclic) bond motifs is 1. The average Bonchev–Trinajstić information content (AvgIpc) is 3.15. The largest absolute Gasteiger partial charge is 0.489 e. The van der Waals surface area contributed by atoms with E-state index in [0.717, 1.165) is 54.4 Å². The van der Waals surface area contributed by atoms with Gasteiger partial charge in [-0.25, -0.2) is 0 Å². The van der Waals surface area contributed by atoms with E-state index < -0.39 is 11.9 Å². The molecule has 4 heterocycles. The topological polar surface area (TPSA) is 91.8 Å². The van der Waals surface area contributed by atoms with Gasteiger partial charge in [-0.15, -0.1) is 0 Å².